The number of hydrogen-bond donors (Lipinski definition) is 0. The van der Waals surface area contributed by atoms with Crippen LogP contribution in [-0.2, 0) is 5.41 Å². The van der Waals surface area contributed by atoms with Gasteiger partial charge in [0, 0.05) is 42.3 Å². The molecule has 0 unspecified atom stereocenters. The largest absolute Gasteiger partial charge is 0.228 e. The van der Waals surface area contributed by atoms with E-state index in [9.17, 15) is 0 Å². The Balaban J connectivity index is 1.03. The van der Waals surface area contributed by atoms with Gasteiger partial charge in [0.2, 0.25) is 0 Å². The molecule has 0 spiro atoms. The maximum absolute atomic E-state index is 5.37. The molecule has 11 aromatic rings. The second kappa shape index (κ2) is 15.3. The summed E-state index contributed by atoms with van der Waals surface area (Å²) in [5.74, 6) is 0.702. The Morgan fingerprint density at radius 1 is 0.328 bits per heavy atom. The summed E-state index contributed by atoms with van der Waals surface area (Å²) in [6.07, 6.45) is 0. The third kappa shape index (κ3) is 6.56. The summed E-state index contributed by atoms with van der Waals surface area (Å²) in [4.78, 5) is 10.7. The van der Waals surface area contributed by atoms with Crippen LogP contribution in [0.2, 0.25) is 0 Å². The molecule has 3 heteroatoms. The molecule has 0 N–H and O–H groups in total. The highest BCUT2D eigenvalue weighted by Crippen LogP contribution is 2.53. The Kier molecular flexibility index (Phi) is 9.06. The van der Waals surface area contributed by atoms with Gasteiger partial charge in [-0.3, -0.25) is 0 Å². The third-order valence-electron chi connectivity index (χ3n) is 13.1. The zero-order valence-electron chi connectivity index (χ0n) is 35.6. The van der Waals surface area contributed by atoms with Crippen LogP contribution in [-0.4, -0.2) is 9.97 Å². The molecule has 64 heavy (non-hydrogen) atoms. The molecule has 0 radical (unpaired) electrons. The van der Waals surface area contributed by atoms with Crippen LogP contribution in [0.3, 0.4) is 0 Å². The van der Waals surface area contributed by atoms with Crippen LogP contribution < -0.4 is 0 Å². The van der Waals surface area contributed by atoms with Gasteiger partial charge in [0.25, 0.3) is 0 Å². The highest BCUT2D eigenvalue weighted by Gasteiger charge is 2.37. The van der Waals surface area contributed by atoms with Crippen molar-refractivity contribution in [1.29, 1.82) is 0 Å². The second-order valence-electron chi connectivity index (χ2n) is 17.4. The molecule has 2 aromatic heterocycles. The van der Waals surface area contributed by atoms with E-state index in [1.54, 1.807) is 0 Å². The lowest BCUT2D eigenvalue weighted by molar-refractivity contribution is 0.660. The molecule has 0 saturated heterocycles. The van der Waals surface area contributed by atoms with Gasteiger partial charge >= 0.3 is 0 Å². The minimum absolute atomic E-state index is 0.197. The Hall–Kier alpha value is -7.72. The second-order valence-corrected chi connectivity index (χ2v) is 18.4. The van der Waals surface area contributed by atoms with Gasteiger partial charge in [-0.25, -0.2) is 9.97 Å². The van der Waals surface area contributed by atoms with Gasteiger partial charge in [0.15, 0.2) is 5.82 Å². The normalized spacial score (nSPS) is 12.7. The van der Waals surface area contributed by atoms with Gasteiger partial charge in [-0.05, 0) is 115 Å². The quantitative estimate of drug-likeness (QED) is 0.160. The zero-order valence-corrected chi connectivity index (χ0v) is 36.4. The number of fused-ring (bicyclic) bond motifs is 6. The number of benzene rings is 9. The first-order valence-electron chi connectivity index (χ1n) is 22.0. The van der Waals surface area contributed by atoms with Crippen LogP contribution in [0, 0.1) is 0 Å². The molecule has 0 aliphatic heterocycles. The van der Waals surface area contributed by atoms with E-state index in [1.165, 1.54) is 70.2 Å². The van der Waals surface area contributed by atoms with Gasteiger partial charge < -0.3 is 0 Å². The highest BCUT2D eigenvalue weighted by molar-refractivity contribution is 7.25. The molecule has 302 valence electrons. The van der Waals surface area contributed by atoms with Crippen LogP contribution in [0.5, 0.6) is 0 Å². The van der Waals surface area contributed by atoms with Gasteiger partial charge in [-0.15, -0.1) is 11.3 Å². The number of thiophene rings is 1. The van der Waals surface area contributed by atoms with E-state index in [-0.39, 0.29) is 5.41 Å². The predicted octanol–water partition coefficient (Wildman–Crippen LogP) is 16.8. The number of rotatable bonds is 7. The van der Waals surface area contributed by atoms with Gasteiger partial charge in [-0.1, -0.05) is 184 Å². The smallest absolute Gasteiger partial charge is 0.160 e. The maximum atomic E-state index is 5.37. The molecule has 0 fully saturated rings. The van der Waals surface area contributed by atoms with E-state index < -0.39 is 0 Å². The number of nitrogens with zero attached hydrogens (tertiary/aromatic N) is 2. The van der Waals surface area contributed by atoms with Gasteiger partial charge in [0.1, 0.15) is 0 Å². The lowest BCUT2D eigenvalue weighted by Crippen LogP contribution is -2.15. The fourth-order valence-electron chi connectivity index (χ4n) is 9.76. The molecular weight excluding hydrogens is 793 g/mol. The van der Waals surface area contributed by atoms with Crippen molar-refractivity contribution in [3.05, 3.63) is 230 Å². The molecule has 9 aromatic carbocycles. The Morgan fingerprint density at radius 3 is 1.61 bits per heavy atom. The lowest BCUT2D eigenvalue weighted by atomic mass is 9.81. The summed E-state index contributed by atoms with van der Waals surface area (Å²) in [6, 6.07) is 79.2. The number of aromatic nitrogens is 2. The fourth-order valence-corrected chi connectivity index (χ4v) is 10.9. The SMILES string of the molecule is CC1(C)c2cc(-c3cc(-c4cc(-c5ccc(-c6ccccc6)cc5)cc(-c5ccc6sc7ccccc7c6c5)c4)nc(-c4ccccc4)n3)ccc2-c2c(-c3ccccc3)cccc21. The highest BCUT2D eigenvalue weighted by atomic mass is 32.1. The number of hydrogen-bond acceptors (Lipinski definition) is 3. The van der Waals surface area contributed by atoms with Crippen molar-refractivity contribution in [2.75, 3.05) is 0 Å². The molecule has 0 atom stereocenters. The molecule has 12 rings (SSSR count). The monoisotopic (exact) mass is 834 g/mol. The first-order valence-corrected chi connectivity index (χ1v) is 22.8. The molecule has 0 saturated carbocycles. The topological polar surface area (TPSA) is 25.8 Å². The van der Waals surface area contributed by atoms with E-state index in [1.807, 2.05) is 17.4 Å². The van der Waals surface area contributed by atoms with Gasteiger partial charge in [0.05, 0.1) is 11.4 Å². The van der Waals surface area contributed by atoms with Crippen LogP contribution in [0.1, 0.15) is 25.0 Å². The standard InChI is InChI=1S/C61H42N2S/c1-61(2)53-23-14-22-49(42-17-8-4-9-18-42)59(53)51-31-29-45(37-54(51)61)55-38-56(63-60(62-55)43-19-10-5-11-20-43)48-34-46(41-27-25-40(26-28-41)39-15-6-3-7-16-39)33-47(35-48)44-30-32-58-52(36-44)50-21-12-13-24-57(50)64-58/h3-38H,1-2H3. The first-order chi connectivity index (χ1) is 31.4. The van der Waals surface area contributed by atoms with Gasteiger partial charge in [-0.2, -0.15) is 0 Å². The summed E-state index contributed by atoms with van der Waals surface area (Å²) >= 11 is 1.85. The molecule has 0 amide bonds. The van der Waals surface area contributed by atoms with Crippen molar-refractivity contribution < 1.29 is 0 Å². The molecule has 0 bridgehead atoms. The van der Waals surface area contributed by atoms with Crippen molar-refractivity contribution in [3.8, 4) is 89.5 Å². The fraction of sp³-hybridized carbons (Fsp3) is 0.0492. The molecule has 2 nitrogen and oxygen atoms in total. The average Bonchev–Trinajstić information content (AvgIpc) is 3.85. The third-order valence-corrected chi connectivity index (χ3v) is 14.3. The lowest BCUT2D eigenvalue weighted by Gasteiger charge is -2.22. The van der Waals surface area contributed by atoms with Crippen molar-refractivity contribution in [1.82, 2.24) is 9.97 Å². The summed E-state index contributed by atoms with van der Waals surface area (Å²) in [5.41, 5.74) is 19.4. The average molecular weight is 835 g/mol. The predicted molar refractivity (Wildman–Crippen MR) is 271 cm³/mol. The van der Waals surface area contributed by atoms with Crippen LogP contribution in [0.4, 0.5) is 0 Å². The van der Waals surface area contributed by atoms with Crippen LogP contribution in [0.15, 0.2) is 218 Å². The zero-order chi connectivity index (χ0) is 42.8. The Bertz CT molecular complexity index is 3550. The summed E-state index contributed by atoms with van der Waals surface area (Å²) in [5, 5.41) is 2.58. The summed E-state index contributed by atoms with van der Waals surface area (Å²) in [7, 11) is 0. The summed E-state index contributed by atoms with van der Waals surface area (Å²) < 4.78 is 2.60. The maximum Gasteiger partial charge on any atom is 0.160 e. The summed E-state index contributed by atoms with van der Waals surface area (Å²) in [6.45, 7) is 4.71. The molecule has 1 aliphatic rings. The van der Waals surface area contributed by atoms with E-state index in [0.29, 0.717) is 5.82 Å². The molecule has 2 heterocycles. The van der Waals surface area contributed by atoms with Crippen molar-refractivity contribution >= 4 is 31.5 Å². The minimum Gasteiger partial charge on any atom is -0.228 e. The van der Waals surface area contributed by atoms with Crippen molar-refractivity contribution in [3.63, 3.8) is 0 Å². The van der Waals surface area contributed by atoms with Crippen LogP contribution >= 0.6 is 11.3 Å². The molecule has 1 aliphatic carbocycles. The Morgan fingerprint density at radius 2 is 0.875 bits per heavy atom. The molecular formula is C61H42N2S. The van der Waals surface area contributed by atoms with E-state index in [4.69, 9.17) is 9.97 Å². The Labute approximate surface area is 377 Å². The van der Waals surface area contributed by atoms with E-state index in [0.717, 1.165) is 44.8 Å². The van der Waals surface area contributed by atoms with Crippen molar-refractivity contribution in [2.24, 2.45) is 0 Å². The first kappa shape index (κ1) is 38.0. The van der Waals surface area contributed by atoms with E-state index >= 15 is 0 Å². The minimum atomic E-state index is -0.197. The van der Waals surface area contributed by atoms with E-state index in [2.05, 4.69) is 226 Å². The van der Waals surface area contributed by atoms with Crippen LogP contribution in [0.25, 0.3) is 110 Å². The van der Waals surface area contributed by atoms with Crippen molar-refractivity contribution in [2.45, 2.75) is 19.3 Å².